The first-order valence-electron chi connectivity index (χ1n) is 11.9. The minimum atomic E-state index is -4.72. The molecule has 1 N–H and O–H groups in total. The number of halogens is 3. The van der Waals surface area contributed by atoms with E-state index in [1.165, 1.54) is 18.3 Å². The van der Waals surface area contributed by atoms with Crippen molar-refractivity contribution in [3.05, 3.63) is 58.5 Å². The Bertz CT molecular complexity index is 1270. The summed E-state index contributed by atoms with van der Waals surface area (Å²) in [5, 5.41) is 14.3. The third kappa shape index (κ3) is 5.88. The summed E-state index contributed by atoms with van der Waals surface area (Å²) in [4.78, 5) is 27.4. The van der Waals surface area contributed by atoms with Crippen LogP contribution in [0.3, 0.4) is 0 Å². The lowest BCUT2D eigenvalue weighted by molar-refractivity contribution is -0.389. The zero-order chi connectivity index (χ0) is 26.9. The van der Waals surface area contributed by atoms with Gasteiger partial charge < -0.3 is 34.7 Å². The van der Waals surface area contributed by atoms with Gasteiger partial charge in [-0.05, 0) is 36.1 Å². The van der Waals surface area contributed by atoms with Crippen molar-refractivity contribution in [3.63, 3.8) is 0 Å². The topological polar surface area (TPSA) is 124 Å². The Kier molecular flexibility index (Phi) is 6.93. The van der Waals surface area contributed by atoms with Gasteiger partial charge in [-0.3, -0.25) is 4.57 Å². The smallest absolute Gasteiger partial charge is 0.444 e. The van der Waals surface area contributed by atoms with Crippen LogP contribution >= 0.6 is 0 Å². The van der Waals surface area contributed by atoms with Crippen LogP contribution in [0.4, 0.5) is 30.6 Å². The standard InChI is InChI=1S/C23H25F3N8O4/c1-15-11-31(6-7-33(15)18-2-4-19(5-3-18)38-23(24,25)26)21-28-9-16(10-29-21)8-27-17-12-32-13-20(34(35)36)30-22(32)37-14-17/h2-5,9-10,13,15,17,27H,6-8,11-12,14H2,1H3/t15?,17-/m0/s1. The van der Waals surface area contributed by atoms with E-state index in [2.05, 4.69) is 34.8 Å². The Morgan fingerprint density at radius 1 is 1.18 bits per heavy atom. The Hall–Kier alpha value is -4.14. The van der Waals surface area contributed by atoms with E-state index >= 15 is 0 Å². The highest BCUT2D eigenvalue weighted by Gasteiger charge is 2.31. The molecule has 0 bridgehead atoms. The number of fused-ring (bicyclic) bond motifs is 1. The van der Waals surface area contributed by atoms with Crippen LogP contribution in [0.5, 0.6) is 11.8 Å². The number of anilines is 2. The number of nitrogens with zero attached hydrogens (tertiary/aromatic N) is 7. The van der Waals surface area contributed by atoms with E-state index < -0.39 is 11.3 Å². The highest BCUT2D eigenvalue weighted by molar-refractivity contribution is 5.52. The molecule has 2 atom stereocenters. The molecule has 2 aromatic heterocycles. The molecular weight excluding hydrogens is 509 g/mol. The van der Waals surface area contributed by atoms with Gasteiger partial charge in [0.05, 0.1) is 6.04 Å². The minimum Gasteiger partial charge on any atom is -0.444 e. The van der Waals surface area contributed by atoms with Crippen LogP contribution < -0.4 is 24.6 Å². The van der Waals surface area contributed by atoms with Crippen LogP contribution in [0.25, 0.3) is 0 Å². The predicted octanol–water partition coefficient (Wildman–Crippen LogP) is 2.75. The van der Waals surface area contributed by atoms with Gasteiger partial charge in [0.1, 0.15) is 18.6 Å². The van der Waals surface area contributed by atoms with Crippen molar-refractivity contribution in [2.75, 3.05) is 36.0 Å². The fourth-order valence-electron chi connectivity index (χ4n) is 4.54. The van der Waals surface area contributed by atoms with E-state index in [1.54, 1.807) is 29.1 Å². The van der Waals surface area contributed by atoms with Gasteiger partial charge in [0.15, 0.2) is 0 Å². The molecule has 4 heterocycles. The summed E-state index contributed by atoms with van der Waals surface area (Å²) in [5.74, 6) is 0.112. The van der Waals surface area contributed by atoms with Crippen LogP contribution in [0.15, 0.2) is 42.9 Å². The second-order valence-electron chi connectivity index (χ2n) is 9.10. The molecule has 1 aromatic carbocycles. The highest BCUT2D eigenvalue weighted by atomic mass is 19.4. The zero-order valence-corrected chi connectivity index (χ0v) is 20.3. The summed E-state index contributed by atoms with van der Waals surface area (Å²) in [6.07, 6.45) is 0.150. The molecule has 0 aliphatic carbocycles. The molecule has 202 valence electrons. The van der Waals surface area contributed by atoms with Crippen LogP contribution in [-0.2, 0) is 13.1 Å². The number of nitro groups is 1. The second kappa shape index (κ2) is 10.3. The number of aromatic nitrogens is 4. The van der Waals surface area contributed by atoms with Gasteiger partial charge in [-0.15, -0.1) is 13.2 Å². The predicted molar refractivity (Wildman–Crippen MR) is 129 cm³/mol. The largest absolute Gasteiger partial charge is 0.573 e. The number of benzene rings is 1. The highest BCUT2D eigenvalue weighted by Crippen LogP contribution is 2.28. The molecule has 38 heavy (non-hydrogen) atoms. The van der Waals surface area contributed by atoms with E-state index in [1.807, 2.05) is 6.92 Å². The van der Waals surface area contributed by atoms with E-state index in [-0.39, 0.29) is 29.7 Å². The molecule has 0 spiro atoms. The van der Waals surface area contributed by atoms with Crippen LogP contribution in [0.2, 0.25) is 0 Å². The molecule has 0 saturated carbocycles. The molecule has 0 radical (unpaired) electrons. The van der Waals surface area contributed by atoms with Gasteiger partial charge >= 0.3 is 18.2 Å². The van der Waals surface area contributed by atoms with Crippen molar-refractivity contribution in [2.24, 2.45) is 0 Å². The normalized spacial score (nSPS) is 19.6. The number of nitrogens with one attached hydrogen (secondary N) is 1. The number of piperazine rings is 1. The van der Waals surface area contributed by atoms with E-state index in [4.69, 9.17) is 4.74 Å². The summed E-state index contributed by atoms with van der Waals surface area (Å²) >= 11 is 0. The number of rotatable bonds is 7. The lowest BCUT2D eigenvalue weighted by Gasteiger charge is -2.41. The summed E-state index contributed by atoms with van der Waals surface area (Å²) in [7, 11) is 0. The summed E-state index contributed by atoms with van der Waals surface area (Å²) in [6.45, 7) is 5.33. The third-order valence-corrected chi connectivity index (χ3v) is 6.34. The first kappa shape index (κ1) is 25.5. The van der Waals surface area contributed by atoms with Crippen molar-refractivity contribution in [1.82, 2.24) is 24.8 Å². The Morgan fingerprint density at radius 3 is 2.58 bits per heavy atom. The molecule has 5 rings (SSSR count). The fourth-order valence-corrected chi connectivity index (χ4v) is 4.54. The van der Waals surface area contributed by atoms with E-state index in [0.717, 1.165) is 11.3 Å². The van der Waals surface area contributed by atoms with Gasteiger partial charge in [0.25, 0.3) is 0 Å². The number of ether oxygens (including phenoxy) is 2. The average Bonchev–Trinajstić information content (AvgIpc) is 3.31. The molecule has 15 heteroatoms. The summed E-state index contributed by atoms with van der Waals surface area (Å²) < 4.78 is 48.3. The SMILES string of the molecule is CC1CN(c2ncc(CN[C@@H]3COc4nc([N+](=O)[O-])cn4C3)cn2)CCN1c1ccc(OC(F)(F)F)cc1. The molecule has 0 amide bonds. The van der Waals surface area contributed by atoms with Crippen LogP contribution in [-0.4, -0.2) is 69.1 Å². The molecule has 2 aliphatic rings. The van der Waals surface area contributed by atoms with Crippen molar-refractivity contribution in [2.45, 2.75) is 38.5 Å². The number of hydrogen-bond donors (Lipinski definition) is 1. The van der Waals surface area contributed by atoms with Crippen LogP contribution in [0, 0.1) is 10.1 Å². The van der Waals surface area contributed by atoms with Crippen molar-refractivity contribution in [3.8, 4) is 11.8 Å². The molecule has 1 unspecified atom stereocenters. The van der Waals surface area contributed by atoms with Crippen molar-refractivity contribution in [1.29, 1.82) is 0 Å². The molecule has 3 aromatic rings. The third-order valence-electron chi connectivity index (χ3n) is 6.34. The van der Waals surface area contributed by atoms with Crippen molar-refractivity contribution >= 4 is 17.5 Å². The Balaban J connectivity index is 1.12. The number of alkyl halides is 3. The van der Waals surface area contributed by atoms with Gasteiger partial charge in [-0.2, -0.15) is 0 Å². The number of hydrogen-bond acceptors (Lipinski definition) is 10. The van der Waals surface area contributed by atoms with Crippen LogP contribution in [0.1, 0.15) is 12.5 Å². The van der Waals surface area contributed by atoms with Gasteiger partial charge in [0.2, 0.25) is 5.95 Å². The monoisotopic (exact) mass is 534 g/mol. The zero-order valence-electron chi connectivity index (χ0n) is 20.3. The van der Waals surface area contributed by atoms with E-state index in [9.17, 15) is 23.3 Å². The summed E-state index contributed by atoms with van der Waals surface area (Å²) in [5.41, 5.74) is 1.70. The average molecular weight is 534 g/mol. The maximum Gasteiger partial charge on any atom is 0.573 e. The second-order valence-corrected chi connectivity index (χ2v) is 9.10. The number of imidazole rings is 1. The molecule has 1 saturated heterocycles. The van der Waals surface area contributed by atoms with Crippen molar-refractivity contribution < 1.29 is 27.6 Å². The van der Waals surface area contributed by atoms with E-state index in [0.29, 0.717) is 45.3 Å². The first-order chi connectivity index (χ1) is 18.1. The Labute approximate surface area is 215 Å². The summed E-state index contributed by atoms with van der Waals surface area (Å²) in [6, 6.07) is 6.14. The Morgan fingerprint density at radius 2 is 1.92 bits per heavy atom. The fraction of sp³-hybridized carbons (Fsp3) is 0.435. The molecular formula is C23H25F3N8O4. The lowest BCUT2D eigenvalue weighted by atomic mass is 10.1. The minimum absolute atomic E-state index is 0.0565. The first-order valence-corrected chi connectivity index (χ1v) is 11.9. The molecule has 1 fully saturated rings. The maximum absolute atomic E-state index is 12.4. The van der Waals surface area contributed by atoms with Gasteiger partial charge in [0, 0.05) is 67.4 Å². The maximum atomic E-state index is 12.4. The quantitative estimate of drug-likeness (QED) is 0.357. The van der Waals surface area contributed by atoms with Gasteiger partial charge in [-0.25, -0.2) is 9.97 Å². The van der Waals surface area contributed by atoms with Gasteiger partial charge in [-0.1, -0.05) is 0 Å². The molecule has 2 aliphatic heterocycles. The lowest BCUT2D eigenvalue weighted by Crippen LogP contribution is -2.52. The molecule has 12 nitrogen and oxygen atoms in total.